The second-order valence-corrected chi connectivity index (χ2v) is 1.74. The first-order chi connectivity index (χ1) is 3.85. The molecule has 0 spiro atoms. The monoisotopic (exact) mass is 110 g/mol. The summed E-state index contributed by atoms with van der Waals surface area (Å²) in [6, 6.07) is 0. The number of hydrogen-bond acceptors (Lipinski definition) is 0. The molecule has 0 aliphatic rings. The third-order valence-corrected chi connectivity index (χ3v) is 1.20. The Hall–Kier alpha value is -0.480. The number of allylic oxidation sites excluding steroid dienone is 1. The average Bonchev–Trinajstić information content (AvgIpc) is 1.83. The first-order valence-corrected chi connectivity index (χ1v) is 3.24. The fourth-order valence-corrected chi connectivity index (χ4v) is 0.658. The molecule has 8 heavy (non-hydrogen) atoms. The molecule has 0 aliphatic carbocycles. The lowest BCUT2D eigenvalue weighted by molar-refractivity contribution is 0.982. The minimum absolute atomic E-state index is 1.14. The van der Waals surface area contributed by atoms with E-state index in [2.05, 4.69) is 19.6 Å². The lowest BCUT2D eigenvalue weighted by Crippen LogP contribution is -1.71. The van der Waals surface area contributed by atoms with Gasteiger partial charge in [-0.2, -0.15) is 0 Å². The van der Waals surface area contributed by atoms with Gasteiger partial charge in [0.15, 0.2) is 0 Å². The maximum atomic E-state index is 3.17. The molecule has 0 amide bonds. The van der Waals surface area contributed by atoms with Crippen molar-refractivity contribution in [3.05, 3.63) is 17.4 Å². The zero-order chi connectivity index (χ0) is 6.41. The molecule has 0 atom stereocenters. The molecular formula is C8H14. The molecule has 0 saturated heterocycles. The molecule has 0 unspecified atom stereocenters. The second kappa shape index (κ2) is 4.67. The average molecular weight is 110 g/mol. The Morgan fingerprint density at radius 3 is 2.00 bits per heavy atom. The van der Waals surface area contributed by atoms with E-state index in [1.54, 1.807) is 0 Å². The van der Waals surface area contributed by atoms with E-state index < -0.39 is 0 Å². The highest BCUT2D eigenvalue weighted by Crippen LogP contribution is 2.01. The highest BCUT2D eigenvalue weighted by atomic mass is 13.9. The summed E-state index contributed by atoms with van der Waals surface area (Å²) < 4.78 is 0. The number of rotatable bonds is 2. The molecule has 0 nitrogen and oxygen atoms in total. The van der Waals surface area contributed by atoms with E-state index in [9.17, 15) is 0 Å². The largest absolute Gasteiger partial charge is 0.126 e. The van der Waals surface area contributed by atoms with Gasteiger partial charge in [0.1, 0.15) is 0 Å². The van der Waals surface area contributed by atoms with Crippen molar-refractivity contribution in [2.75, 3.05) is 0 Å². The lowest BCUT2D eigenvalue weighted by atomic mass is 10.2. The summed E-state index contributed by atoms with van der Waals surface area (Å²) in [5.74, 6) is 0. The zero-order valence-corrected chi connectivity index (χ0v) is 5.99. The van der Waals surface area contributed by atoms with E-state index in [-0.39, 0.29) is 0 Å². The van der Waals surface area contributed by atoms with Crippen molar-refractivity contribution in [3.63, 3.8) is 0 Å². The molecule has 0 aromatic rings. The molecule has 0 aromatic carbocycles. The van der Waals surface area contributed by atoms with E-state index in [1.165, 1.54) is 5.57 Å². The van der Waals surface area contributed by atoms with Crippen molar-refractivity contribution in [1.29, 1.82) is 0 Å². The first-order valence-electron chi connectivity index (χ1n) is 3.24. The van der Waals surface area contributed by atoms with Gasteiger partial charge in [-0.3, -0.25) is 0 Å². The Kier molecular flexibility index (Phi) is 4.39. The summed E-state index contributed by atoms with van der Waals surface area (Å²) in [5.41, 5.74) is 4.58. The van der Waals surface area contributed by atoms with Crippen LogP contribution in [0, 0.1) is 0 Å². The van der Waals surface area contributed by atoms with E-state index in [0.29, 0.717) is 0 Å². The fourth-order valence-electron chi connectivity index (χ4n) is 0.658. The predicted molar refractivity (Wildman–Crippen MR) is 37.9 cm³/mol. The van der Waals surface area contributed by atoms with Crippen LogP contribution in [0.2, 0.25) is 0 Å². The van der Waals surface area contributed by atoms with Crippen LogP contribution in [0.4, 0.5) is 0 Å². The molecule has 0 heteroatoms. The van der Waals surface area contributed by atoms with Crippen LogP contribution < -0.4 is 0 Å². The van der Waals surface area contributed by atoms with Gasteiger partial charge in [-0.05, 0) is 31.4 Å². The van der Waals surface area contributed by atoms with E-state index in [1.807, 2.05) is 13.0 Å². The van der Waals surface area contributed by atoms with Crippen molar-refractivity contribution in [2.24, 2.45) is 0 Å². The lowest BCUT2D eigenvalue weighted by Gasteiger charge is -1.90. The van der Waals surface area contributed by atoms with Crippen LogP contribution in [0.25, 0.3) is 0 Å². The number of hydrogen-bond donors (Lipinski definition) is 0. The van der Waals surface area contributed by atoms with Crippen molar-refractivity contribution >= 4 is 0 Å². The molecule has 0 rings (SSSR count). The Balaban J connectivity index is 3.87. The minimum Gasteiger partial charge on any atom is -0.126 e. The minimum atomic E-state index is 1.14. The van der Waals surface area contributed by atoms with Gasteiger partial charge in [0, 0.05) is 0 Å². The van der Waals surface area contributed by atoms with Crippen LogP contribution in [0.5, 0.6) is 0 Å². The fraction of sp³-hybridized carbons (Fsp3) is 0.625. The summed E-state index contributed by atoms with van der Waals surface area (Å²) in [7, 11) is 0. The van der Waals surface area contributed by atoms with Gasteiger partial charge in [0.25, 0.3) is 0 Å². The Bertz CT molecular complexity index is 97.2. The molecule has 46 valence electrons. The molecule has 0 N–H and O–H groups in total. The van der Waals surface area contributed by atoms with Gasteiger partial charge < -0.3 is 0 Å². The Labute approximate surface area is 51.9 Å². The van der Waals surface area contributed by atoms with Gasteiger partial charge in [0.05, 0.1) is 0 Å². The zero-order valence-electron chi connectivity index (χ0n) is 5.99. The molecule has 0 heterocycles. The van der Waals surface area contributed by atoms with E-state index in [4.69, 9.17) is 0 Å². The Morgan fingerprint density at radius 1 is 1.38 bits per heavy atom. The van der Waals surface area contributed by atoms with Gasteiger partial charge in [-0.1, -0.05) is 13.8 Å². The van der Waals surface area contributed by atoms with Crippen molar-refractivity contribution in [3.8, 4) is 0 Å². The molecule has 0 saturated carbocycles. The maximum absolute atomic E-state index is 3.17. The van der Waals surface area contributed by atoms with Crippen molar-refractivity contribution < 1.29 is 0 Å². The van der Waals surface area contributed by atoms with Gasteiger partial charge >= 0.3 is 0 Å². The third-order valence-electron chi connectivity index (χ3n) is 1.20. The first kappa shape index (κ1) is 7.52. The second-order valence-electron chi connectivity index (χ2n) is 1.74. The standard InChI is InChI=1S/C8H14/c1-4-7-8(5-2)6-3/h4H,5-6H2,1-3H3. The van der Waals surface area contributed by atoms with Gasteiger partial charge in [-0.15, -0.1) is 5.73 Å². The highest BCUT2D eigenvalue weighted by molar-refractivity contribution is 4.98. The smallest absolute Gasteiger partial charge is 0.0273 e. The quantitative estimate of drug-likeness (QED) is 0.479. The molecule has 0 bridgehead atoms. The molecule has 0 fully saturated rings. The predicted octanol–water partition coefficient (Wildman–Crippen LogP) is 2.91. The van der Waals surface area contributed by atoms with Crippen molar-refractivity contribution in [1.82, 2.24) is 0 Å². The van der Waals surface area contributed by atoms with Crippen LogP contribution in [0.15, 0.2) is 17.4 Å². The summed E-state index contributed by atoms with van der Waals surface area (Å²) >= 11 is 0. The summed E-state index contributed by atoms with van der Waals surface area (Å²) in [6.07, 6.45) is 4.25. The van der Waals surface area contributed by atoms with Crippen LogP contribution in [-0.4, -0.2) is 0 Å². The van der Waals surface area contributed by atoms with E-state index in [0.717, 1.165) is 12.8 Å². The topological polar surface area (TPSA) is 0 Å². The summed E-state index contributed by atoms with van der Waals surface area (Å²) in [4.78, 5) is 0. The Morgan fingerprint density at radius 2 is 1.88 bits per heavy atom. The van der Waals surface area contributed by atoms with Crippen molar-refractivity contribution in [2.45, 2.75) is 33.6 Å². The highest BCUT2D eigenvalue weighted by Gasteiger charge is 1.82. The van der Waals surface area contributed by atoms with Gasteiger partial charge in [0.2, 0.25) is 0 Å². The van der Waals surface area contributed by atoms with E-state index >= 15 is 0 Å². The molecule has 0 radical (unpaired) electrons. The van der Waals surface area contributed by atoms with Crippen LogP contribution >= 0.6 is 0 Å². The maximum Gasteiger partial charge on any atom is -0.0273 e. The summed E-state index contributed by atoms with van der Waals surface area (Å²) in [6.45, 7) is 6.33. The summed E-state index contributed by atoms with van der Waals surface area (Å²) in [5, 5.41) is 0. The molecular weight excluding hydrogens is 96.1 g/mol. The normalized spacial score (nSPS) is 7.88. The van der Waals surface area contributed by atoms with Gasteiger partial charge in [-0.25, -0.2) is 0 Å². The molecule has 0 aromatic heterocycles. The van der Waals surface area contributed by atoms with Crippen LogP contribution in [0.1, 0.15) is 33.6 Å². The van der Waals surface area contributed by atoms with Crippen LogP contribution in [0.3, 0.4) is 0 Å². The molecule has 0 aliphatic heterocycles. The van der Waals surface area contributed by atoms with Crippen LogP contribution in [-0.2, 0) is 0 Å². The SMILES string of the molecule is CC=C=C(CC)CC. The third kappa shape index (κ3) is 2.65.